The summed E-state index contributed by atoms with van der Waals surface area (Å²) in [4.78, 5) is 8.98. The second-order valence-electron chi connectivity index (χ2n) is 4.98. The molecule has 0 aliphatic heterocycles. The van der Waals surface area contributed by atoms with E-state index in [9.17, 15) is 5.11 Å². The Kier molecular flexibility index (Phi) is 3.41. The molecule has 0 radical (unpaired) electrons. The van der Waals surface area contributed by atoms with Gasteiger partial charge in [-0.05, 0) is 31.9 Å². The number of hydrogen-bond donors (Lipinski definition) is 3. The fourth-order valence-corrected chi connectivity index (χ4v) is 2.09. The maximum absolute atomic E-state index is 9.50. The van der Waals surface area contributed by atoms with Crippen molar-refractivity contribution in [2.75, 3.05) is 17.2 Å². The van der Waals surface area contributed by atoms with Gasteiger partial charge in [-0.25, -0.2) is 4.98 Å². The fraction of sp³-hybridized carbons (Fsp3) is 0.333. The van der Waals surface area contributed by atoms with Crippen LogP contribution in [0.5, 0.6) is 5.75 Å². The number of nitrogens with one attached hydrogen (secondary N) is 2. The maximum atomic E-state index is 9.50. The third-order valence-electron chi connectivity index (χ3n) is 3.20. The molecule has 0 spiro atoms. The number of phenolic OH excluding ortho intramolecular Hbond substituents is 1. The molecule has 1 saturated carbocycles. The molecule has 1 heterocycles. The van der Waals surface area contributed by atoms with Crippen LogP contribution < -0.4 is 10.6 Å². The third kappa shape index (κ3) is 2.99. The van der Waals surface area contributed by atoms with Crippen molar-refractivity contribution in [3.63, 3.8) is 0 Å². The van der Waals surface area contributed by atoms with Crippen molar-refractivity contribution in [3.8, 4) is 5.75 Å². The van der Waals surface area contributed by atoms with Gasteiger partial charge >= 0.3 is 0 Å². The summed E-state index contributed by atoms with van der Waals surface area (Å²) in [5, 5.41) is 15.9. The zero-order valence-corrected chi connectivity index (χ0v) is 11.4. The van der Waals surface area contributed by atoms with E-state index in [-0.39, 0.29) is 5.75 Å². The van der Waals surface area contributed by atoms with E-state index in [2.05, 4.69) is 20.6 Å². The molecule has 5 nitrogen and oxygen atoms in total. The quantitative estimate of drug-likeness (QED) is 0.778. The normalized spacial score (nSPS) is 14.1. The highest BCUT2D eigenvalue weighted by molar-refractivity contribution is 5.59. The van der Waals surface area contributed by atoms with Crippen LogP contribution in [0.15, 0.2) is 30.3 Å². The Bertz CT molecular complexity index is 611. The second-order valence-corrected chi connectivity index (χ2v) is 4.98. The van der Waals surface area contributed by atoms with Crippen LogP contribution >= 0.6 is 0 Å². The minimum absolute atomic E-state index is 0.235. The molecule has 2 aromatic rings. The topological polar surface area (TPSA) is 70.1 Å². The highest BCUT2D eigenvalue weighted by Crippen LogP contribution is 2.40. The van der Waals surface area contributed by atoms with Gasteiger partial charge in [0.15, 0.2) is 0 Å². The summed E-state index contributed by atoms with van der Waals surface area (Å²) >= 11 is 0. The van der Waals surface area contributed by atoms with Gasteiger partial charge in [-0.3, -0.25) is 0 Å². The van der Waals surface area contributed by atoms with Crippen molar-refractivity contribution in [2.24, 2.45) is 0 Å². The molecule has 0 amide bonds. The monoisotopic (exact) mass is 270 g/mol. The van der Waals surface area contributed by atoms with Crippen molar-refractivity contribution in [3.05, 3.63) is 36.0 Å². The van der Waals surface area contributed by atoms with Gasteiger partial charge in [0.2, 0.25) is 5.95 Å². The molecule has 3 rings (SSSR count). The van der Waals surface area contributed by atoms with Gasteiger partial charge in [0.25, 0.3) is 0 Å². The SMILES string of the molecule is CCNc1nc(Nc2cccc(O)c2)cc(C2CC2)n1. The van der Waals surface area contributed by atoms with E-state index in [0.717, 1.165) is 23.7 Å². The van der Waals surface area contributed by atoms with E-state index in [1.54, 1.807) is 18.2 Å². The molecule has 0 saturated heterocycles. The lowest BCUT2D eigenvalue weighted by Crippen LogP contribution is -2.06. The van der Waals surface area contributed by atoms with E-state index in [1.165, 1.54) is 12.8 Å². The predicted octanol–water partition coefficient (Wildman–Crippen LogP) is 3.24. The lowest BCUT2D eigenvalue weighted by atomic mass is 10.2. The van der Waals surface area contributed by atoms with Crippen molar-refractivity contribution in [1.29, 1.82) is 0 Å². The number of nitrogens with zero attached hydrogens (tertiary/aromatic N) is 2. The van der Waals surface area contributed by atoms with E-state index in [1.807, 2.05) is 19.1 Å². The molecule has 1 aliphatic rings. The summed E-state index contributed by atoms with van der Waals surface area (Å²) in [5.41, 5.74) is 1.89. The molecule has 1 aromatic heterocycles. The Balaban J connectivity index is 1.87. The number of hydrogen-bond acceptors (Lipinski definition) is 5. The summed E-state index contributed by atoms with van der Waals surface area (Å²) in [6, 6.07) is 9.00. The van der Waals surface area contributed by atoms with Crippen LogP contribution in [0.1, 0.15) is 31.4 Å². The van der Waals surface area contributed by atoms with Crippen LogP contribution in [-0.4, -0.2) is 21.6 Å². The molecule has 104 valence electrons. The van der Waals surface area contributed by atoms with Crippen LogP contribution in [0.2, 0.25) is 0 Å². The first kappa shape index (κ1) is 12.7. The predicted molar refractivity (Wildman–Crippen MR) is 79.6 cm³/mol. The Morgan fingerprint density at radius 1 is 1.25 bits per heavy atom. The van der Waals surface area contributed by atoms with Crippen LogP contribution in [0, 0.1) is 0 Å². The Hall–Kier alpha value is -2.30. The van der Waals surface area contributed by atoms with Gasteiger partial charge < -0.3 is 15.7 Å². The zero-order valence-electron chi connectivity index (χ0n) is 11.4. The van der Waals surface area contributed by atoms with Gasteiger partial charge in [-0.15, -0.1) is 0 Å². The molecule has 0 unspecified atom stereocenters. The standard InChI is InChI=1S/C15H18N4O/c1-2-16-15-18-13(10-6-7-10)9-14(19-15)17-11-4-3-5-12(20)8-11/h3-5,8-10,20H,2,6-7H2,1H3,(H2,16,17,18,19). The first-order valence-corrected chi connectivity index (χ1v) is 6.93. The molecule has 0 atom stereocenters. The average Bonchev–Trinajstić information content (AvgIpc) is 3.23. The smallest absolute Gasteiger partial charge is 0.224 e. The average molecular weight is 270 g/mol. The van der Waals surface area contributed by atoms with Crippen molar-refractivity contribution < 1.29 is 5.11 Å². The van der Waals surface area contributed by atoms with Gasteiger partial charge in [0.05, 0.1) is 5.69 Å². The molecule has 1 aliphatic carbocycles. The third-order valence-corrected chi connectivity index (χ3v) is 3.20. The number of anilines is 3. The largest absolute Gasteiger partial charge is 0.508 e. The lowest BCUT2D eigenvalue weighted by Gasteiger charge is -2.10. The summed E-state index contributed by atoms with van der Waals surface area (Å²) in [6.45, 7) is 2.81. The zero-order chi connectivity index (χ0) is 13.9. The van der Waals surface area contributed by atoms with Crippen LogP contribution in [0.3, 0.4) is 0 Å². The van der Waals surface area contributed by atoms with Gasteiger partial charge in [-0.2, -0.15) is 4.98 Å². The van der Waals surface area contributed by atoms with E-state index < -0.39 is 0 Å². The van der Waals surface area contributed by atoms with Crippen molar-refractivity contribution in [2.45, 2.75) is 25.7 Å². The first-order valence-electron chi connectivity index (χ1n) is 6.93. The summed E-state index contributed by atoms with van der Waals surface area (Å²) in [6.07, 6.45) is 2.41. The van der Waals surface area contributed by atoms with Gasteiger partial charge in [0.1, 0.15) is 11.6 Å². The van der Waals surface area contributed by atoms with E-state index in [4.69, 9.17) is 0 Å². The number of aromatic hydroxyl groups is 1. The Morgan fingerprint density at radius 2 is 2.10 bits per heavy atom. The Morgan fingerprint density at radius 3 is 2.80 bits per heavy atom. The molecule has 0 bridgehead atoms. The highest BCUT2D eigenvalue weighted by atomic mass is 16.3. The number of benzene rings is 1. The van der Waals surface area contributed by atoms with Crippen LogP contribution in [-0.2, 0) is 0 Å². The summed E-state index contributed by atoms with van der Waals surface area (Å²) in [5.74, 6) is 2.21. The molecular formula is C15H18N4O. The van der Waals surface area contributed by atoms with Gasteiger partial charge in [0, 0.05) is 30.3 Å². The second kappa shape index (κ2) is 5.36. The van der Waals surface area contributed by atoms with Crippen molar-refractivity contribution in [1.82, 2.24) is 9.97 Å². The number of phenols is 1. The minimum Gasteiger partial charge on any atom is -0.508 e. The lowest BCUT2D eigenvalue weighted by molar-refractivity contribution is 0.475. The molecule has 20 heavy (non-hydrogen) atoms. The number of rotatable bonds is 5. The van der Waals surface area contributed by atoms with Gasteiger partial charge in [-0.1, -0.05) is 6.07 Å². The highest BCUT2D eigenvalue weighted by Gasteiger charge is 2.26. The molecule has 5 heteroatoms. The molecule has 1 aromatic carbocycles. The molecular weight excluding hydrogens is 252 g/mol. The Labute approximate surface area is 118 Å². The summed E-state index contributed by atoms with van der Waals surface area (Å²) < 4.78 is 0. The molecule has 3 N–H and O–H groups in total. The fourth-order valence-electron chi connectivity index (χ4n) is 2.09. The maximum Gasteiger partial charge on any atom is 0.224 e. The minimum atomic E-state index is 0.235. The van der Waals surface area contributed by atoms with Crippen LogP contribution in [0.4, 0.5) is 17.5 Å². The van der Waals surface area contributed by atoms with Crippen molar-refractivity contribution >= 4 is 17.5 Å². The number of aromatic nitrogens is 2. The first-order chi connectivity index (χ1) is 9.74. The van der Waals surface area contributed by atoms with Crippen LogP contribution in [0.25, 0.3) is 0 Å². The van der Waals surface area contributed by atoms with E-state index in [0.29, 0.717) is 11.9 Å². The molecule has 1 fully saturated rings. The van der Waals surface area contributed by atoms with E-state index >= 15 is 0 Å². The summed E-state index contributed by atoms with van der Waals surface area (Å²) in [7, 11) is 0.